The van der Waals surface area contributed by atoms with Gasteiger partial charge in [0, 0.05) is 37.9 Å². The van der Waals surface area contributed by atoms with E-state index in [0.29, 0.717) is 13.1 Å². The van der Waals surface area contributed by atoms with Crippen LogP contribution in [0, 0.1) is 17.8 Å². The summed E-state index contributed by atoms with van der Waals surface area (Å²) in [4.78, 5) is 42.3. The molecule has 3 rings (SSSR count). The van der Waals surface area contributed by atoms with Crippen molar-refractivity contribution in [2.24, 2.45) is 17.8 Å². The number of amides is 2. The molecule has 0 bridgehead atoms. The van der Waals surface area contributed by atoms with Crippen molar-refractivity contribution in [2.45, 2.75) is 38.6 Å². The average molecular weight is 359 g/mol. The number of pyridine rings is 1. The highest BCUT2D eigenvalue weighted by atomic mass is 16.4. The number of carboxylic acids is 1. The first kappa shape index (κ1) is 18.4. The number of hydrogen-bond acceptors (Lipinski definition) is 4. The van der Waals surface area contributed by atoms with Crippen molar-refractivity contribution < 1.29 is 19.5 Å². The van der Waals surface area contributed by atoms with Gasteiger partial charge in [-0.3, -0.25) is 19.4 Å². The molecule has 2 fully saturated rings. The number of carbonyl (C=O) groups excluding carboxylic acids is 2. The highest BCUT2D eigenvalue weighted by molar-refractivity contribution is 5.84. The molecule has 7 heteroatoms. The van der Waals surface area contributed by atoms with Gasteiger partial charge in [0.1, 0.15) is 0 Å². The van der Waals surface area contributed by atoms with E-state index in [1.54, 1.807) is 17.3 Å². The summed E-state index contributed by atoms with van der Waals surface area (Å²) in [5.41, 5.74) is 0.929. The molecule has 0 radical (unpaired) electrons. The number of piperidine rings is 1. The molecule has 0 spiro atoms. The van der Waals surface area contributed by atoms with Crippen LogP contribution >= 0.6 is 0 Å². The van der Waals surface area contributed by atoms with E-state index in [9.17, 15) is 19.5 Å². The average Bonchev–Trinajstić information content (AvgIpc) is 3.20. The monoisotopic (exact) mass is 359 g/mol. The summed E-state index contributed by atoms with van der Waals surface area (Å²) in [6.45, 7) is 0.881. The van der Waals surface area contributed by atoms with E-state index in [-0.39, 0.29) is 30.7 Å². The summed E-state index contributed by atoms with van der Waals surface area (Å²) < 4.78 is 0. The normalized spacial score (nSPS) is 23.6. The van der Waals surface area contributed by atoms with Crippen molar-refractivity contribution in [2.75, 3.05) is 13.1 Å². The van der Waals surface area contributed by atoms with Gasteiger partial charge in [-0.25, -0.2) is 0 Å². The molecule has 1 aliphatic heterocycles. The standard InChI is InChI=1S/C19H25N3O4/c23-17(21-10-13-5-7-20-8-6-13)15-9-16(19(25)26)12-22(11-15)18(24)14-3-1-2-4-14/h5-8,14-16H,1-4,9-12H2,(H,21,23)(H,25,26)/t15-,16-/m1/s1. The SMILES string of the molecule is O=C(O)[C@@H]1C[C@@H](C(=O)NCc2ccncc2)CN(C(=O)C2CCCC2)C1. The first-order chi connectivity index (χ1) is 12.5. The Hall–Kier alpha value is -2.44. The molecule has 2 heterocycles. The molecule has 26 heavy (non-hydrogen) atoms. The predicted octanol–water partition coefficient (Wildman–Crippen LogP) is 1.44. The Labute approximate surface area is 152 Å². The molecule has 140 valence electrons. The molecule has 0 unspecified atom stereocenters. The molecular formula is C19H25N3O4. The molecule has 1 saturated heterocycles. The van der Waals surface area contributed by atoms with E-state index in [0.717, 1.165) is 31.2 Å². The molecule has 2 atom stereocenters. The van der Waals surface area contributed by atoms with Gasteiger partial charge in [0.25, 0.3) is 0 Å². The molecule has 1 saturated carbocycles. The van der Waals surface area contributed by atoms with Crippen molar-refractivity contribution in [3.05, 3.63) is 30.1 Å². The molecule has 1 aliphatic carbocycles. The summed E-state index contributed by atoms with van der Waals surface area (Å²) in [5.74, 6) is -2.32. The Kier molecular flexibility index (Phi) is 5.85. The summed E-state index contributed by atoms with van der Waals surface area (Å²) in [7, 11) is 0. The molecule has 1 aromatic rings. The minimum Gasteiger partial charge on any atom is -0.481 e. The number of nitrogens with one attached hydrogen (secondary N) is 1. The lowest BCUT2D eigenvalue weighted by Crippen LogP contribution is -2.51. The van der Waals surface area contributed by atoms with Crippen LogP contribution in [0.25, 0.3) is 0 Å². The lowest BCUT2D eigenvalue weighted by molar-refractivity contribution is -0.149. The van der Waals surface area contributed by atoms with Crippen LogP contribution in [-0.2, 0) is 20.9 Å². The molecular weight excluding hydrogens is 334 g/mol. The van der Waals surface area contributed by atoms with Gasteiger partial charge < -0.3 is 15.3 Å². The van der Waals surface area contributed by atoms with Crippen LogP contribution in [0.2, 0.25) is 0 Å². The first-order valence-electron chi connectivity index (χ1n) is 9.23. The number of carbonyl (C=O) groups is 3. The Morgan fingerprint density at radius 2 is 1.73 bits per heavy atom. The minimum absolute atomic E-state index is 0.0110. The Morgan fingerprint density at radius 1 is 1.08 bits per heavy atom. The number of hydrogen-bond donors (Lipinski definition) is 2. The van der Waals surface area contributed by atoms with E-state index in [1.807, 2.05) is 12.1 Å². The third kappa shape index (κ3) is 4.39. The number of nitrogens with zero attached hydrogens (tertiary/aromatic N) is 2. The Balaban J connectivity index is 1.63. The summed E-state index contributed by atoms with van der Waals surface area (Å²) in [5, 5.41) is 12.3. The topological polar surface area (TPSA) is 99.6 Å². The Morgan fingerprint density at radius 3 is 2.38 bits per heavy atom. The maximum Gasteiger partial charge on any atom is 0.308 e. The molecule has 1 aromatic heterocycles. The van der Waals surface area contributed by atoms with Gasteiger partial charge in [-0.2, -0.15) is 0 Å². The second kappa shape index (κ2) is 8.29. The fraction of sp³-hybridized carbons (Fsp3) is 0.579. The third-order valence-electron chi connectivity index (χ3n) is 5.40. The second-order valence-electron chi connectivity index (χ2n) is 7.27. The van der Waals surface area contributed by atoms with Crippen molar-refractivity contribution in [3.63, 3.8) is 0 Å². The van der Waals surface area contributed by atoms with Gasteiger partial charge in [0.2, 0.25) is 11.8 Å². The fourth-order valence-electron chi connectivity index (χ4n) is 3.91. The van der Waals surface area contributed by atoms with E-state index in [2.05, 4.69) is 10.3 Å². The minimum atomic E-state index is -0.944. The van der Waals surface area contributed by atoms with Crippen molar-refractivity contribution in [1.29, 1.82) is 0 Å². The predicted molar refractivity (Wildman–Crippen MR) is 93.9 cm³/mol. The maximum absolute atomic E-state index is 12.7. The van der Waals surface area contributed by atoms with E-state index >= 15 is 0 Å². The van der Waals surface area contributed by atoms with E-state index in [1.165, 1.54) is 0 Å². The highest BCUT2D eigenvalue weighted by Gasteiger charge is 2.39. The van der Waals surface area contributed by atoms with E-state index in [4.69, 9.17) is 0 Å². The van der Waals surface area contributed by atoms with Crippen molar-refractivity contribution in [1.82, 2.24) is 15.2 Å². The maximum atomic E-state index is 12.7. The van der Waals surface area contributed by atoms with Gasteiger partial charge in [-0.1, -0.05) is 12.8 Å². The largest absolute Gasteiger partial charge is 0.481 e. The summed E-state index contributed by atoms with van der Waals surface area (Å²) in [6, 6.07) is 3.63. The quantitative estimate of drug-likeness (QED) is 0.829. The van der Waals surface area contributed by atoms with Gasteiger partial charge >= 0.3 is 5.97 Å². The zero-order valence-electron chi connectivity index (χ0n) is 14.8. The van der Waals surface area contributed by atoms with Crippen LogP contribution in [-0.4, -0.2) is 45.9 Å². The zero-order chi connectivity index (χ0) is 18.5. The van der Waals surface area contributed by atoms with E-state index < -0.39 is 17.8 Å². The van der Waals surface area contributed by atoms with Crippen LogP contribution in [0.5, 0.6) is 0 Å². The zero-order valence-corrected chi connectivity index (χ0v) is 14.8. The van der Waals surface area contributed by atoms with Crippen molar-refractivity contribution >= 4 is 17.8 Å². The molecule has 2 aliphatic rings. The lowest BCUT2D eigenvalue weighted by atomic mass is 9.87. The molecule has 2 amide bonds. The van der Waals surface area contributed by atoms with Crippen LogP contribution in [0.15, 0.2) is 24.5 Å². The van der Waals surface area contributed by atoms with Gasteiger partial charge in [0.15, 0.2) is 0 Å². The number of aliphatic carboxylic acids is 1. The van der Waals surface area contributed by atoms with Gasteiger partial charge in [-0.05, 0) is 37.0 Å². The molecule has 2 N–H and O–H groups in total. The number of aromatic nitrogens is 1. The fourth-order valence-corrected chi connectivity index (χ4v) is 3.91. The summed E-state index contributed by atoms with van der Waals surface area (Å²) >= 11 is 0. The molecule has 7 nitrogen and oxygen atoms in total. The van der Waals surface area contributed by atoms with Gasteiger partial charge in [-0.15, -0.1) is 0 Å². The Bertz CT molecular complexity index is 658. The first-order valence-corrected chi connectivity index (χ1v) is 9.23. The molecule has 0 aromatic carbocycles. The summed E-state index contributed by atoms with van der Waals surface area (Å²) in [6.07, 6.45) is 7.41. The highest BCUT2D eigenvalue weighted by Crippen LogP contribution is 2.30. The van der Waals surface area contributed by atoms with Crippen LogP contribution in [0.3, 0.4) is 0 Å². The third-order valence-corrected chi connectivity index (χ3v) is 5.40. The van der Waals surface area contributed by atoms with Gasteiger partial charge in [0.05, 0.1) is 11.8 Å². The van der Waals surface area contributed by atoms with Crippen LogP contribution in [0.1, 0.15) is 37.7 Å². The second-order valence-corrected chi connectivity index (χ2v) is 7.27. The number of carboxylic acid groups (broad SMARTS) is 1. The smallest absolute Gasteiger partial charge is 0.308 e. The van der Waals surface area contributed by atoms with Crippen LogP contribution in [0.4, 0.5) is 0 Å². The number of likely N-dealkylation sites (tertiary alicyclic amines) is 1. The number of rotatable bonds is 5. The van der Waals surface area contributed by atoms with Crippen LogP contribution < -0.4 is 5.32 Å². The lowest BCUT2D eigenvalue weighted by Gasteiger charge is -2.36. The van der Waals surface area contributed by atoms with Crippen molar-refractivity contribution in [3.8, 4) is 0 Å².